The lowest BCUT2D eigenvalue weighted by Gasteiger charge is -2.22. The summed E-state index contributed by atoms with van der Waals surface area (Å²) in [5.74, 6) is -0.670. The zero-order chi connectivity index (χ0) is 15.2. The van der Waals surface area contributed by atoms with Gasteiger partial charge in [-0.15, -0.1) is 0 Å². The zero-order valence-electron chi connectivity index (χ0n) is 12.8. The minimum Gasteiger partial charge on any atom is -0.461 e. The number of hydrogen-bond acceptors (Lipinski definition) is 5. The van der Waals surface area contributed by atoms with E-state index in [4.69, 9.17) is 9.47 Å². The van der Waals surface area contributed by atoms with Crippen LogP contribution >= 0.6 is 0 Å². The summed E-state index contributed by atoms with van der Waals surface area (Å²) in [4.78, 5) is 23.4. The van der Waals surface area contributed by atoms with Crippen LogP contribution in [0.25, 0.3) is 0 Å². The fraction of sp³-hybridized carbons (Fsp3) is 0.769. The largest absolute Gasteiger partial charge is 0.461 e. The summed E-state index contributed by atoms with van der Waals surface area (Å²) in [6.07, 6.45) is -0.616. The lowest BCUT2D eigenvalue weighted by Crippen LogP contribution is -2.34. The molecule has 0 saturated carbocycles. The number of carbonyl (C=O) groups excluding carboxylic acids is 2. The summed E-state index contributed by atoms with van der Waals surface area (Å²) in [5.41, 5.74) is -0.418. The summed E-state index contributed by atoms with van der Waals surface area (Å²) >= 11 is 0. The fourth-order valence-electron chi connectivity index (χ4n) is 1.13. The molecule has 0 aromatic heterocycles. The number of esters is 1. The standard InChI is InChI=1S/C13H24N2O4/c1-8-18-11(16)10(9(2)3)14-15(7)12(17)19-13(4,5)6/h9H,8H2,1-7H3/b14-10+. The molecule has 0 atom stereocenters. The van der Waals surface area contributed by atoms with E-state index in [9.17, 15) is 9.59 Å². The van der Waals surface area contributed by atoms with Gasteiger partial charge >= 0.3 is 12.1 Å². The number of hydrazone groups is 1. The number of nitrogens with zero attached hydrogens (tertiary/aromatic N) is 2. The van der Waals surface area contributed by atoms with Crippen molar-refractivity contribution >= 4 is 17.8 Å². The van der Waals surface area contributed by atoms with Crippen LogP contribution in [0.3, 0.4) is 0 Å². The SMILES string of the molecule is CCOC(=O)/C(=N/N(C)C(=O)OC(C)(C)C)C(C)C. The molecule has 0 spiro atoms. The molecule has 1 amide bonds. The number of carbonyl (C=O) groups is 2. The molecule has 0 aliphatic carbocycles. The maximum absolute atomic E-state index is 11.7. The molecular weight excluding hydrogens is 248 g/mol. The van der Waals surface area contributed by atoms with Crippen LogP contribution in [0.15, 0.2) is 5.10 Å². The first-order chi connectivity index (χ1) is 8.58. The highest BCUT2D eigenvalue weighted by atomic mass is 16.6. The first kappa shape index (κ1) is 17.4. The molecule has 0 aromatic carbocycles. The third kappa shape index (κ3) is 6.79. The topological polar surface area (TPSA) is 68.2 Å². The Morgan fingerprint density at radius 1 is 1.26 bits per heavy atom. The predicted molar refractivity (Wildman–Crippen MR) is 72.9 cm³/mol. The van der Waals surface area contributed by atoms with E-state index in [-0.39, 0.29) is 18.2 Å². The van der Waals surface area contributed by atoms with Gasteiger partial charge in [-0.25, -0.2) is 14.6 Å². The molecule has 0 unspecified atom stereocenters. The van der Waals surface area contributed by atoms with Crippen molar-refractivity contribution in [2.75, 3.05) is 13.7 Å². The van der Waals surface area contributed by atoms with E-state index in [2.05, 4.69) is 5.10 Å². The van der Waals surface area contributed by atoms with Gasteiger partial charge in [-0.1, -0.05) is 13.8 Å². The minimum atomic E-state index is -0.616. The van der Waals surface area contributed by atoms with Crippen LogP contribution in [0.4, 0.5) is 4.79 Å². The van der Waals surface area contributed by atoms with Gasteiger partial charge in [0.25, 0.3) is 0 Å². The average Bonchev–Trinajstić information content (AvgIpc) is 2.22. The number of ether oxygens (including phenoxy) is 2. The first-order valence-electron chi connectivity index (χ1n) is 6.30. The number of rotatable bonds is 4. The molecule has 0 fully saturated rings. The van der Waals surface area contributed by atoms with E-state index in [1.54, 1.807) is 41.5 Å². The third-order valence-corrected chi connectivity index (χ3v) is 1.95. The molecular formula is C13H24N2O4. The Morgan fingerprint density at radius 2 is 1.79 bits per heavy atom. The van der Waals surface area contributed by atoms with Crippen LogP contribution in [0.5, 0.6) is 0 Å². The van der Waals surface area contributed by atoms with Crippen LogP contribution in [0, 0.1) is 5.92 Å². The predicted octanol–water partition coefficient (Wildman–Crippen LogP) is 2.43. The Hall–Kier alpha value is -1.59. The average molecular weight is 272 g/mol. The lowest BCUT2D eigenvalue weighted by atomic mass is 10.1. The highest BCUT2D eigenvalue weighted by Crippen LogP contribution is 2.10. The Morgan fingerprint density at radius 3 is 2.16 bits per heavy atom. The molecule has 0 radical (unpaired) electrons. The van der Waals surface area contributed by atoms with Gasteiger partial charge < -0.3 is 9.47 Å². The monoisotopic (exact) mass is 272 g/mol. The molecule has 0 saturated heterocycles. The van der Waals surface area contributed by atoms with Gasteiger partial charge in [0.05, 0.1) is 6.61 Å². The summed E-state index contributed by atoms with van der Waals surface area (Å²) < 4.78 is 10.0. The normalized spacial score (nSPS) is 12.3. The third-order valence-electron chi connectivity index (χ3n) is 1.95. The molecule has 0 bridgehead atoms. The molecule has 0 N–H and O–H groups in total. The van der Waals surface area contributed by atoms with Crippen molar-refractivity contribution in [1.82, 2.24) is 5.01 Å². The number of hydrogen-bond donors (Lipinski definition) is 0. The molecule has 0 aliphatic heterocycles. The number of amides is 1. The second-order valence-corrected chi connectivity index (χ2v) is 5.36. The van der Waals surface area contributed by atoms with E-state index in [0.717, 1.165) is 5.01 Å². The Kier molecular flexibility index (Phi) is 6.52. The quantitative estimate of drug-likeness (QED) is 0.448. The second-order valence-electron chi connectivity index (χ2n) is 5.36. The van der Waals surface area contributed by atoms with Gasteiger partial charge in [0.15, 0.2) is 0 Å². The maximum atomic E-state index is 11.7. The van der Waals surface area contributed by atoms with E-state index in [1.807, 2.05) is 0 Å². The van der Waals surface area contributed by atoms with Crippen LogP contribution in [-0.2, 0) is 14.3 Å². The van der Waals surface area contributed by atoms with E-state index >= 15 is 0 Å². The minimum absolute atomic E-state index is 0.149. The second kappa shape index (κ2) is 7.11. The molecule has 19 heavy (non-hydrogen) atoms. The van der Waals surface area contributed by atoms with Crippen molar-refractivity contribution < 1.29 is 19.1 Å². The van der Waals surface area contributed by atoms with Crippen molar-refractivity contribution in [2.24, 2.45) is 11.0 Å². The molecule has 0 aliphatic rings. The lowest BCUT2D eigenvalue weighted by molar-refractivity contribution is -0.135. The van der Waals surface area contributed by atoms with Gasteiger partial charge in [0, 0.05) is 13.0 Å². The highest BCUT2D eigenvalue weighted by Gasteiger charge is 2.23. The molecule has 0 aromatic rings. The Labute approximate surface area is 114 Å². The van der Waals surface area contributed by atoms with Gasteiger partial charge in [0.1, 0.15) is 11.3 Å². The summed E-state index contributed by atoms with van der Waals surface area (Å²) in [5, 5.41) is 4.99. The fourth-order valence-corrected chi connectivity index (χ4v) is 1.13. The maximum Gasteiger partial charge on any atom is 0.430 e. The van der Waals surface area contributed by atoms with Crippen LogP contribution in [0.1, 0.15) is 41.5 Å². The van der Waals surface area contributed by atoms with Crippen molar-refractivity contribution in [3.8, 4) is 0 Å². The van der Waals surface area contributed by atoms with Crippen LogP contribution < -0.4 is 0 Å². The zero-order valence-corrected chi connectivity index (χ0v) is 12.8. The molecule has 0 rings (SSSR count). The van der Waals surface area contributed by atoms with Gasteiger partial charge in [0.2, 0.25) is 0 Å². The Balaban J connectivity index is 4.94. The molecule has 6 heteroatoms. The van der Waals surface area contributed by atoms with Crippen molar-refractivity contribution in [2.45, 2.75) is 47.1 Å². The molecule has 110 valence electrons. The Bertz CT molecular complexity index is 356. The van der Waals surface area contributed by atoms with Crippen molar-refractivity contribution in [3.05, 3.63) is 0 Å². The first-order valence-corrected chi connectivity index (χ1v) is 6.30. The van der Waals surface area contributed by atoms with Crippen LogP contribution in [0.2, 0.25) is 0 Å². The van der Waals surface area contributed by atoms with E-state index < -0.39 is 17.7 Å². The summed E-state index contributed by atoms with van der Waals surface area (Å²) in [6, 6.07) is 0. The molecule has 6 nitrogen and oxygen atoms in total. The summed E-state index contributed by atoms with van der Waals surface area (Å²) in [6.45, 7) is 10.9. The van der Waals surface area contributed by atoms with Crippen LogP contribution in [-0.4, -0.2) is 42.0 Å². The van der Waals surface area contributed by atoms with Gasteiger partial charge in [-0.05, 0) is 27.7 Å². The van der Waals surface area contributed by atoms with E-state index in [0.29, 0.717) is 0 Å². The smallest absolute Gasteiger partial charge is 0.430 e. The van der Waals surface area contributed by atoms with Crippen molar-refractivity contribution in [1.29, 1.82) is 0 Å². The van der Waals surface area contributed by atoms with Crippen molar-refractivity contribution in [3.63, 3.8) is 0 Å². The molecule has 0 heterocycles. The van der Waals surface area contributed by atoms with E-state index in [1.165, 1.54) is 7.05 Å². The highest BCUT2D eigenvalue weighted by molar-refractivity contribution is 6.37. The summed E-state index contributed by atoms with van der Waals surface area (Å²) in [7, 11) is 1.44. The van der Waals surface area contributed by atoms with Gasteiger partial charge in [-0.2, -0.15) is 5.10 Å². The van der Waals surface area contributed by atoms with Gasteiger partial charge in [-0.3, -0.25) is 0 Å².